The number of rotatable bonds is 2. The van der Waals surface area contributed by atoms with E-state index >= 15 is 0 Å². The van der Waals surface area contributed by atoms with Crippen molar-refractivity contribution in [2.45, 2.75) is 37.4 Å². The van der Waals surface area contributed by atoms with Crippen LogP contribution in [0.5, 0.6) is 0 Å². The minimum Gasteiger partial charge on any atom is -0.377 e. The largest absolute Gasteiger partial charge is 0.377 e. The summed E-state index contributed by atoms with van der Waals surface area (Å²) >= 11 is 0. The van der Waals surface area contributed by atoms with Gasteiger partial charge in [-0.1, -0.05) is 6.07 Å². The maximum Gasteiger partial charge on any atom is 0.243 e. The molecule has 0 radical (unpaired) electrons. The van der Waals surface area contributed by atoms with Crippen LogP contribution >= 0.6 is 0 Å². The van der Waals surface area contributed by atoms with E-state index in [0.717, 1.165) is 25.1 Å². The van der Waals surface area contributed by atoms with Gasteiger partial charge in [0.2, 0.25) is 10.0 Å². The summed E-state index contributed by atoms with van der Waals surface area (Å²) in [6.45, 7) is 5.07. The lowest BCUT2D eigenvalue weighted by molar-refractivity contribution is 0.0752. The molecule has 0 bridgehead atoms. The predicted molar refractivity (Wildman–Crippen MR) is 75.8 cm³/mol. The Morgan fingerprint density at radius 2 is 2.10 bits per heavy atom. The van der Waals surface area contributed by atoms with Crippen LogP contribution in [0.4, 0.5) is 0 Å². The lowest BCUT2D eigenvalue weighted by Crippen LogP contribution is -2.36. The monoisotopic (exact) mass is 296 g/mol. The number of nitrogens with one attached hydrogen (secondary N) is 1. The third-order valence-electron chi connectivity index (χ3n) is 3.86. The van der Waals surface area contributed by atoms with Gasteiger partial charge in [0, 0.05) is 32.8 Å². The molecule has 1 fully saturated rings. The molecule has 0 saturated carbocycles. The van der Waals surface area contributed by atoms with Crippen LogP contribution in [0, 0.1) is 0 Å². The summed E-state index contributed by atoms with van der Waals surface area (Å²) in [7, 11) is -3.41. The molecule has 2 heterocycles. The molecule has 0 spiro atoms. The predicted octanol–water partition coefficient (Wildman–Crippen LogP) is 1.09. The highest BCUT2D eigenvalue weighted by molar-refractivity contribution is 7.89. The van der Waals surface area contributed by atoms with E-state index in [2.05, 4.69) is 5.32 Å². The topological polar surface area (TPSA) is 58.6 Å². The number of sulfonamides is 1. The van der Waals surface area contributed by atoms with Gasteiger partial charge in [0.15, 0.2) is 0 Å². The Labute approximate surface area is 120 Å². The molecule has 3 rings (SSSR count). The number of benzene rings is 1. The van der Waals surface area contributed by atoms with Crippen LogP contribution in [0.3, 0.4) is 0 Å². The van der Waals surface area contributed by atoms with E-state index in [1.807, 2.05) is 13.0 Å². The fraction of sp³-hybridized carbons (Fsp3) is 0.571. The lowest BCUT2D eigenvalue weighted by atomic mass is 10.1. The highest BCUT2D eigenvalue weighted by Crippen LogP contribution is 2.23. The van der Waals surface area contributed by atoms with Gasteiger partial charge in [-0.15, -0.1) is 0 Å². The zero-order valence-corrected chi connectivity index (χ0v) is 12.4. The number of ether oxygens (including phenoxy) is 1. The Kier molecular flexibility index (Phi) is 3.81. The molecule has 2 aliphatic heterocycles. The van der Waals surface area contributed by atoms with Crippen LogP contribution in [-0.2, 0) is 27.8 Å². The lowest BCUT2D eigenvalue weighted by Gasteiger charge is -2.22. The molecular weight excluding hydrogens is 276 g/mol. The van der Waals surface area contributed by atoms with Crippen LogP contribution in [0.2, 0.25) is 0 Å². The van der Waals surface area contributed by atoms with Crippen LogP contribution in [0.15, 0.2) is 23.1 Å². The molecule has 5 nitrogen and oxygen atoms in total. The summed E-state index contributed by atoms with van der Waals surface area (Å²) in [6.07, 6.45) is 0.694. The molecular formula is C14H20N2O3S. The third kappa shape index (κ3) is 2.61. The first kappa shape index (κ1) is 14.0. The Hall–Kier alpha value is -0.950. The van der Waals surface area contributed by atoms with Gasteiger partial charge in [-0.3, -0.25) is 0 Å². The molecule has 20 heavy (non-hydrogen) atoms. The van der Waals surface area contributed by atoms with Gasteiger partial charge < -0.3 is 10.1 Å². The van der Waals surface area contributed by atoms with E-state index in [0.29, 0.717) is 24.6 Å². The van der Waals surface area contributed by atoms with Crippen molar-refractivity contribution in [3.63, 3.8) is 0 Å². The normalized spacial score (nSPS) is 24.4. The minimum absolute atomic E-state index is 0.0524. The molecule has 1 aromatic carbocycles. The van der Waals surface area contributed by atoms with Crippen molar-refractivity contribution in [2.75, 3.05) is 19.7 Å². The summed E-state index contributed by atoms with van der Waals surface area (Å²) in [5.74, 6) is 0. The van der Waals surface area contributed by atoms with Crippen LogP contribution in [0.25, 0.3) is 0 Å². The van der Waals surface area contributed by atoms with Gasteiger partial charge in [-0.05, 0) is 36.6 Å². The number of hydrogen-bond donors (Lipinski definition) is 1. The van der Waals surface area contributed by atoms with Crippen LogP contribution < -0.4 is 5.32 Å². The summed E-state index contributed by atoms with van der Waals surface area (Å²) < 4.78 is 32.5. The smallest absolute Gasteiger partial charge is 0.243 e. The molecule has 2 aliphatic rings. The second-order valence-corrected chi connectivity index (χ2v) is 7.37. The molecule has 0 aromatic heterocycles. The maximum absolute atomic E-state index is 12.7. The van der Waals surface area contributed by atoms with Crippen molar-refractivity contribution < 1.29 is 13.2 Å². The van der Waals surface area contributed by atoms with Crippen LogP contribution in [0.1, 0.15) is 24.5 Å². The van der Waals surface area contributed by atoms with E-state index in [-0.39, 0.29) is 6.10 Å². The third-order valence-corrected chi connectivity index (χ3v) is 5.72. The molecule has 0 amide bonds. The van der Waals surface area contributed by atoms with Crippen molar-refractivity contribution in [1.82, 2.24) is 9.62 Å². The van der Waals surface area contributed by atoms with Crippen molar-refractivity contribution in [2.24, 2.45) is 0 Å². The van der Waals surface area contributed by atoms with Crippen molar-refractivity contribution in [3.05, 3.63) is 29.3 Å². The Morgan fingerprint density at radius 3 is 2.95 bits per heavy atom. The fourth-order valence-corrected chi connectivity index (χ4v) is 4.36. The van der Waals surface area contributed by atoms with E-state index < -0.39 is 10.0 Å². The summed E-state index contributed by atoms with van der Waals surface area (Å²) in [5, 5.41) is 3.23. The molecule has 1 unspecified atom stereocenters. The van der Waals surface area contributed by atoms with Crippen molar-refractivity contribution in [3.8, 4) is 0 Å². The maximum atomic E-state index is 12.7. The zero-order chi connectivity index (χ0) is 14.2. The van der Waals surface area contributed by atoms with Gasteiger partial charge >= 0.3 is 0 Å². The minimum atomic E-state index is -3.41. The summed E-state index contributed by atoms with van der Waals surface area (Å²) in [6, 6.07) is 5.44. The van der Waals surface area contributed by atoms with Gasteiger partial charge in [0.05, 0.1) is 11.0 Å². The van der Waals surface area contributed by atoms with E-state index in [1.165, 1.54) is 5.56 Å². The first-order chi connectivity index (χ1) is 9.57. The first-order valence-corrected chi connectivity index (χ1v) is 8.45. The second-order valence-electron chi connectivity index (χ2n) is 5.43. The zero-order valence-electron chi connectivity index (χ0n) is 11.6. The quantitative estimate of drug-likeness (QED) is 0.887. The molecule has 1 atom stereocenters. The van der Waals surface area contributed by atoms with Gasteiger partial charge in [0.1, 0.15) is 0 Å². The molecule has 1 N–H and O–H groups in total. The summed E-state index contributed by atoms with van der Waals surface area (Å²) in [4.78, 5) is 0.397. The standard InChI is InChI=1S/C14H20N2O3S/c1-11-10-16(5-2-6-19-11)20(17,18)14-4-3-12-8-15-9-13(12)7-14/h3-4,7,11,15H,2,5-6,8-10H2,1H3. The number of hydrogen-bond acceptors (Lipinski definition) is 4. The molecule has 6 heteroatoms. The van der Waals surface area contributed by atoms with E-state index in [9.17, 15) is 8.42 Å². The Balaban J connectivity index is 1.90. The highest BCUT2D eigenvalue weighted by atomic mass is 32.2. The number of nitrogens with zero attached hydrogens (tertiary/aromatic N) is 1. The SMILES string of the molecule is CC1CN(S(=O)(=O)c2ccc3c(c2)CNC3)CCCO1. The van der Waals surface area contributed by atoms with E-state index in [1.54, 1.807) is 16.4 Å². The molecule has 110 valence electrons. The molecule has 0 aliphatic carbocycles. The van der Waals surface area contributed by atoms with Gasteiger partial charge in [0.25, 0.3) is 0 Å². The average molecular weight is 296 g/mol. The van der Waals surface area contributed by atoms with Crippen molar-refractivity contribution in [1.29, 1.82) is 0 Å². The number of fused-ring (bicyclic) bond motifs is 1. The molecule has 1 saturated heterocycles. The first-order valence-electron chi connectivity index (χ1n) is 7.01. The Morgan fingerprint density at radius 1 is 1.30 bits per heavy atom. The van der Waals surface area contributed by atoms with Crippen molar-refractivity contribution >= 4 is 10.0 Å². The van der Waals surface area contributed by atoms with Crippen LogP contribution in [-0.4, -0.2) is 38.5 Å². The van der Waals surface area contributed by atoms with Gasteiger partial charge in [-0.2, -0.15) is 4.31 Å². The fourth-order valence-electron chi connectivity index (χ4n) is 2.76. The highest BCUT2D eigenvalue weighted by Gasteiger charge is 2.28. The average Bonchev–Trinajstić information content (AvgIpc) is 2.78. The summed E-state index contributed by atoms with van der Waals surface area (Å²) in [5.41, 5.74) is 2.28. The van der Waals surface area contributed by atoms with Gasteiger partial charge in [-0.25, -0.2) is 8.42 Å². The Bertz CT molecular complexity index is 600. The van der Waals surface area contributed by atoms with E-state index in [4.69, 9.17) is 4.74 Å². The molecule has 1 aromatic rings. The second kappa shape index (κ2) is 5.44.